The fourth-order valence-corrected chi connectivity index (χ4v) is 3.12. The van der Waals surface area contributed by atoms with Crippen molar-refractivity contribution in [2.24, 2.45) is 0 Å². The molecule has 0 fully saturated rings. The number of hydrogen-bond donors (Lipinski definition) is 2. The molecule has 1 aromatic heterocycles. The maximum absolute atomic E-state index is 13.1. The Balaban J connectivity index is 2.04. The van der Waals surface area contributed by atoms with Crippen molar-refractivity contribution in [2.45, 2.75) is 26.7 Å². The van der Waals surface area contributed by atoms with E-state index in [1.54, 1.807) is 37.3 Å². The Hall–Kier alpha value is -2.99. The Labute approximate surface area is 167 Å². The van der Waals surface area contributed by atoms with Gasteiger partial charge in [-0.25, -0.2) is 4.79 Å². The minimum atomic E-state index is -0.599. The van der Waals surface area contributed by atoms with Gasteiger partial charge in [0, 0.05) is 21.7 Å². The zero-order valence-corrected chi connectivity index (χ0v) is 16.4. The van der Waals surface area contributed by atoms with Crippen molar-refractivity contribution in [1.29, 1.82) is 0 Å². The molecule has 3 rings (SSSR count). The number of phenols is 1. The van der Waals surface area contributed by atoms with Crippen LogP contribution in [-0.4, -0.2) is 28.3 Å². The lowest BCUT2D eigenvalue weighted by atomic mass is 10.2. The van der Waals surface area contributed by atoms with E-state index in [0.717, 1.165) is 12.8 Å². The van der Waals surface area contributed by atoms with Crippen LogP contribution >= 0.6 is 11.6 Å². The molecule has 0 radical (unpaired) electrons. The van der Waals surface area contributed by atoms with Gasteiger partial charge < -0.3 is 9.84 Å². The number of aromatic hydroxyl groups is 1. The first-order valence-corrected chi connectivity index (χ1v) is 9.38. The molecule has 0 spiro atoms. The first-order chi connectivity index (χ1) is 13.4. The lowest BCUT2D eigenvalue weighted by molar-refractivity contribution is 0.0963. The average molecular weight is 401 g/mol. The van der Waals surface area contributed by atoms with Gasteiger partial charge in [-0.1, -0.05) is 24.9 Å². The molecule has 6 nitrogen and oxygen atoms in total. The second-order valence-corrected chi connectivity index (χ2v) is 6.86. The summed E-state index contributed by atoms with van der Waals surface area (Å²) in [6, 6.07) is 11.2. The van der Waals surface area contributed by atoms with Crippen LogP contribution < -0.4 is 5.32 Å². The number of amides is 1. The van der Waals surface area contributed by atoms with Crippen LogP contribution in [0.15, 0.2) is 42.5 Å². The highest BCUT2D eigenvalue weighted by atomic mass is 35.5. The highest BCUT2D eigenvalue weighted by Gasteiger charge is 2.22. The largest absolute Gasteiger partial charge is 0.508 e. The molecule has 0 unspecified atom stereocenters. The molecule has 0 bridgehead atoms. The summed E-state index contributed by atoms with van der Waals surface area (Å²) < 4.78 is 6.67. The van der Waals surface area contributed by atoms with E-state index >= 15 is 0 Å². The van der Waals surface area contributed by atoms with Crippen LogP contribution in [0.2, 0.25) is 5.02 Å². The molecule has 28 heavy (non-hydrogen) atoms. The lowest BCUT2D eigenvalue weighted by Crippen LogP contribution is -2.16. The molecule has 0 aliphatic rings. The van der Waals surface area contributed by atoms with Gasteiger partial charge >= 0.3 is 6.09 Å². The van der Waals surface area contributed by atoms with Crippen LogP contribution in [0.5, 0.6) is 5.75 Å². The Kier molecular flexibility index (Phi) is 5.90. The van der Waals surface area contributed by atoms with Crippen LogP contribution in [0.25, 0.3) is 10.9 Å². The standard InChI is InChI=1S/C21H21ClN2O4/c1-3-4-11-28-21(27)23-19-13(2)24(18-10-9-16(25)12-17(18)19)20(26)14-5-7-15(22)8-6-14/h5-10,12,25H,3-4,11H2,1-2H3,(H,23,27). The lowest BCUT2D eigenvalue weighted by Gasteiger charge is -2.09. The first-order valence-electron chi connectivity index (χ1n) is 9.00. The van der Waals surface area contributed by atoms with Gasteiger partial charge in [-0.05, 0) is 55.8 Å². The summed E-state index contributed by atoms with van der Waals surface area (Å²) in [5.41, 5.74) is 1.98. The van der Waals surface area contributed by atoms with Gasteiger partial charge in [0.25, 0.3) is 5.91 Å². The number of fused-ring (bicyclic) bond motifs is 1. The number of benzene rings is 2. The Morgan fingerprint density at radius 1 is 1.18 bits per heavy atom. The van der Waals surface area contributed by atoms with Gasteiger partial charge in [0.15, 0.2) is 0 Å². The van der Waals surface area contributed by atoms with Gasteiger partial charge in [0.2, 0.25) is 0 Å². The second-order valence-electron chi connectivity index (χ2n) is 6.42. The normalized spacial score (nSPS) is 10.8. The van der Waals surface area contributed by atoms with Crippen molar-refractivity contribution in [3.8, 4) is 5.75 Å². The molecule has 2 aromatic carbocycles. The fraction of sp³-hybridized carbons (Fsp3) is 0.238. The summed E-state index contributed by atoms with van der Waals surface area (Å²) in [7, 11) is 0. The summed E-state index contributed by atoms with van der Waals surface area (Å²) in [4.78, 5) is 25.3. The number of nitrogens with zero attached hydrogens (tertiary/aromatic N) is 1. The van der Waals surface area contributed by atoms with Crippen LogP contribution in [0.1, 0.15) is 35.8 Å². The number of ether oxygens (including phenoxy) is 1. The van der Waals surface area contributed by atoms with Crippen molar-refractivity contribution in [2.75, 3.05) is 11.9 Å². The van der Waals surface area contributed by atoms with Crippen LogP contribution in [0, 0.1) is 6.92 Å². The van der Waals surface area contributed by atoms with E-state index in [0.29, 0.717) is 39.5 Å². The van der Waals surface area contributed by atoms with Gasteiger partial charge in [-0.3, -0.25) is 14.7 Å². The van der Waals surface area contributed by atoms with Crippen molar-refractivity contribution in [3.63, 3.8) is 0 Å². The summed E-state index contributed by atoms with van der Waals surface area (Å²) >= 11 is 5.91. The van der Waals surface area contributed by atoms with E-state index in [2.05, 4.69) is 5.32 Å². The van der Waals surface area contributed by atoms with Crippen molar-refractivity contribution >= 4 is 40.2 Å². The third-order valence-electron chi connectivity index (χ3n) is 4.44. The monoisotopic (exact) mass is 400 g/mol. The number of anilines is 1. The predicted molar refractivity (Wildman–Crippen MR) is 109 cm³/mol. The Bertz CT molecular complexity index is 1030. The second kappa shape index (κ2) is 8.35. The van der Waals surface area contributed by atoms with E-state index in [-0.39, 0.29) is 11.7 Å². The summed E-state index contributed by atoms with van der Waals surface area (Å²) in [5, 5.41) is 13.7. The van der Waals surface area contributed by atoms with E-state index in [9.17, 15) is 14.7 Å². The summed E-state index contributed by atoms with van der Waals surface area (Å²) in [5.74, 6) is -0.233. The molecule has 1 heterocycles. The topological polar surface area (TPSA) is 80.6 Å². The van der Waals surface area contributed by atoms with Gasteiger partial charge in [0.1, 0.15) is 5.75 Å². The molecule has 1 amide bonds. The van der Waals surface area contributed by atoms with E-state index in [1.807, 2.05) is 6.92 Å². The third kappa shape index (κ3) is 3.97. The minimum Gasteiger partial charge on any atom is -0.508 e. The third-order valence-corrected chi connectivity index (χ3v) is 4.69. The molecule has 0 saturated heterocycles. The quantitative estimate of drug-likeness (QED) is 0.566. The molecule has 0 atom stereocenters. The number of rotatable bonds is 5. The molecule has 0 saturated carbocycles. The number of unbranched alkanes of at least 4 members (excludes halogenated alkanes) is 1. The number of nitrogens with one attached hydrogen (secondary N) is 1. The number of carbonyl (C=O) groups excluding carboxylic acids is 2. The van der Waals surface area contributed by atoms with Crippen molar-refractivity contribution < 1.29 is 19.4 Å². The van der Waals surface area contributed by atoms with Gasteiger partial charge in [0.05, 0.1) is 17.8 Å². The molecule has 0 aliphatic heterocycles. The zero-order chi connectivity index (χ0) is 20.3. The zero-order valence-electron chi connectivity index (χ0n) is 15.7. The van der Waals surface area contributed by atoms with Crippen LogP contribution in [0.3, 0.4) is 0 Å². The summed E-state index contributed by atoms with van der Waals surface area (Å²) in [6.45, 7) is 4.05. The SMILES string of the molecule is CCCCOC(=O)Nc1c(C)n(C(=O)c2ccc(Cl)cc2)c2ccc(O)cc12. The molecular formula is C21H21ClN2O4. The smallest absolute Gasteiger partial charge is 0.411 e. The molecule has 146 valence electrons. The minimum absolute atomic E-state index is 0.0333. The number of aromatic nitrogens is 1. The molecule has 7 heteroatoms. The molecule has 0 aliphatic carbocycles. The predicted octanol–water partition coefficient (Wildman–Crippen LogP) is 5.35. The van der Waals surface area contributed by atoms with Gasteiger partial charge in [-0.2, -0.15) is 0 Å². The number of halogens is 1. The number of carbonyl (C=O) groups is 2. The van der Waals surface area contributed by atoms with E-state index < -0.39 is 6.09 Å². The van der Waals surface area contributed by atoms with E-state index in [1.165, 1.54) is 16.7 Å². The molecule has 2 N–H and O–H groups in total. The molecular weight excluding hydrogens is 380 g/mol. The maximum atomic E-state index is 13.1. The molecule has 3 aromatic rings. The Morgan fingerprint density at radius 2 is 1.89 bits per heavy atom. The number of hydrogen-bond acceptors (Lipinski definition) is 4. The first kappa shape index (κ1) is 19.8. The van der Waals surface area contributed by atoms with E-state index in [4.69, 9.17) is 16.3 Å². The fourth-order valence-electron chi connectivity index (χ4n) is 3.00. The Morgan fingerprint density at radius 3 is 2.57 bits per heavy atom. The van der Waals surface area contributed by atoms with Crippen LogP contribution in [0.4, 0.5) is 10.5 Å². The maximum Gasteiger partial charge on any atom is 0.411 e. The highest BCUT2D eigenvalue weighted by molar-refractivity contribution is 6.30. The average Bonchev–Trinajstić information content (AvgIpc) is 2.93. The van der Waals surface area contributed by atoms with Gasteiger partial charge in [-0.15, -0.1) is 0 Å². The number of phenolic OH excluding ortho intramolecular Hbond substituents is 1. The van der Waals surface area contributed by atoms with Crippen molar-refractivity contribution in [1.82, 2.24) is 4.57 Å². The highest BCUT2D eigenvalue weighted by Crippen LogP contribution is 2.34. The summed E-state index contributed by atoms with van der Waals surface area (Å²) in [6.07, 6.45) is 1.08. The van der Waals surface area contributed by atoms with Crippen LogP contribution in [-0.2, 0) is 4.74 Å². The van der Waals surface area contributed by atoms with Crippen molar-refractivity contribution in [3.05, 3.63) is 58.7 Å².